The number of likely N-dealkylation sites (tertiary alicyclic amines) is 1. The summed E-state index contributed by atoms with van der Waals surface area (Å²) >= 11 is 9.29. The highest BCUT2D eigenvalue weighted by atomic mass is 79.9. The van der Waals surface area contributed by atoms with Gasteiger partial charge in [-0.05, 0) is 31.5 Å². The molecule has 21 heavy (non-hydrogen) atoms. The second-order valence-electron chi connectivity index (χ2n) is 5.29. The third-order valence-corrected chi connectivity index (χ3v) is 4.38. The minimum atomic E-state index is -0.880. The summed E-state index contributed by atoms with van der Waals surface area (Å²) in [6.45, 7) is 2.13. The van der Waals surface area contributed by atoms with Gasteiger partial charge in [0.2, 0.25) is 0 Å². The minimum Gasteiger partial charge on any atom is -0.482 e. The number of amides is 1. The molecule has 1 fully saturated rings. The Kier molecular flexibility index (Phi) is 4.78. The summed E-state index contributed by atoms with van der Waals surface area (Å²) in [5.74, 6) is -0.693. The van der Waals surface area contributed by atoms with Crippen LogP contribution in [0.1, 0.15) is 13.3 Å². The Morgan fingerprint density at radius 1 is 1.52 bits per heavy atom. The lowest BCUT2D eigenvalue weighted by Crippen LogP contribution is -2.37. The van der Waals surface area contributed by atoms with Crippen LogP contribution >= 0.6 is 27.5 Å². The summed E-state index contributed by atoms with van der Waals surface area (Å²) in [4.78, 5) is 24.7. The Labute approximate surface area is 136 Å². The zero-order valence-electron chi connectivity index (χ0n) is 11.4. The van der Waals surface area contributed by atoms with E-state index in [4.69, 9.17) is 21.4 Å². The number of nitrogens with zero attached hydrogens (tertiary/aromatic N) is 1. The number of hydrogen-bond donors (Lipinski definition) is 1. The number of rotatable bonds is 4. The van der Waals surface area contributed by atoms with Gasteiger partial charge >= 0.3 is 5.97 Å². The number of benzene rings is 1. The normalized spacial score (nSPS) is 21.4. The van der Waals surface area contributed by atoms with Gasteiger partial charge in [0.05, 0.1) is 10.4 Å². The van der Waals surface area contributed by atoms with Crippen molar-refractivity contribution in [3.8, 4) is 5.75 Å². The van der Waals surface area contributed by atoms with E-state index >= 15 is 0 Å². The molecule has 0 bridgehead atoms. The largest absolute Gasteiger partial charge is 0.482 e. The quantitative estimate of drug-likeness (QED) is 0.877. The van der Waals surface area contributed by atoms with Crippen molar-refractivity contribution in [2.45, 2.75) is 13.3 Å². The average molecular weight is 377 g/mol. The molecule has 0 radical (unpaired) electrons. The fourth-order valence-electron chi connectivity index (χ4n) is 2.17. The van der Waals surface area contributed by atoms with Crippen molar-refractivity contribution < 1.29 is 19.4 Å². The maximum Gasteiger partial charge on any atom is 0.311 e. The Balaban J connectivity index is 1.93. The molecule has 1 aliphatic heterocycles. The molecule has 1 unspecified atom stereocenters. The molecular weight excluding hydrogens is 362 g/mol. The van der Waals surface area contributed by atoms with Gasteiger partial charge in [-0.1, -0.05) is 27.5 Å². The van der Waals surface area contributed by atoms with E-state index in [-0.39, 0.29) is 19.1 Å². The Morgan fingerprint density at radius 3 is 2.81 bits per heavy atom. The maximum absolute atomic E-state index is 12.1. The van der Waals surface area contributed by atoms with Crippen LogP contribution in [-0.2, 0) is 9.59 Å². The molecule has 5 nitrogen and oxygen atoms in total. The van der Waals surface area contributed by atoms with Crippen molar-refractivity contribution in [3.63, 3.8) is 0 Å². The van der Waals surface area contributed by atoms with Gasteiger partial charge < -0.3 is 14.7 Å². The Morgan fingerprint density at radius 2 is 2.24 bits per heavy atom. The molecule has 1 aliphatic rings. The molecule has 1 aromatic rings. The number of ether oxygens (including phenoxy) is 1. The number of carboxylic acids is 1. The molecule has 1 N–H and O–H groups in total. The van der Waals surface area contributed by atoms with Gasteiger partial charge in [0, 0.05) is 17.6 Å². The molecule has 0 spiro atoms. The molecule has 1 atom stereocenters. The monoisotopic (exact) mass is 375 g/mol. The number of aliphatic carboxylic acids is 1. The smallest absolute Gasteiger partial charge is 0.311 e. The fourth-order valence-corrected chi connectivity index (χ4v) is 2.90. The van der Waals surface area contributed by atoms with Crippen LogP contribution in [-0.4, -0.2) is 41.6 Å². The standard InChI is InChI=1S/C14H15BrClNO4/c1-14(13(19)20)4-5-17(8-14)12(18)7-21-11-3-2-9(15)6-10(11)16/h2-3,6H,4-5,7-8H2,1H3,(H,19,20). The van der Waals surface area contributed by atoms with E-state index in [0.717, 1.165) is 4.47 Å². The maximum atomic E-state index is 12.1. The highest BCUT2D eigenvalue weighted by Crippen LogP contribution is 2.31. The highest BCUT2D eigenvalue weighted by Gasteiger charge is 2.42. The van der Waals surface area contributed by atoms with Gasteiger partial charge in [-0.3, -0.25) is 9.59 Å². The molecule has 1 amide bonds. The molecule has 0 aliphatic carbocycles. The van der Waals surface area contributed by atoms with E-state index in [0.29, 0.717) is 23.7 Å². The van der Waals surface area contributed by atoms with E-state index in [1.54, 1.807) is 25.1 Å². The van der Waals surface area contributed by atoms with Crippen molar-refractivity contribution >= 4 is 39.4 Å². The van der Waals surface area contributed by atoms with Crippen LogP contribution in [0.2, 0.25) is 5.02 Å². The topological polar surface area (TPSA) is 66.8 Å². The summed E-state index contributed by atoms with van der Waals surface area (Å²) in [6.07, 6.45) is 0.452. The van der Waals surface area contributed by atoms with E-state index in [2.05, 4.69) is 15.9 Å². The van der Waals surface area contributed by atoms with Gasteiger partial charge in [-0.2, -0.15) is 0 Å². The zero-order valence-corrected chi connectivity index (χ0v) is 13.8. The third-order valence-electron chi connectivity index (χ3n) is 3.59. The number of carbonyl (C=O) groups excluding carboxylic acids is 1. The van der Waals surface area contributed by atoms with Crippen LogP contribution in [0.3, 0.4) is 0 Å². The van der Waals surface area contributed by atoms with Gasteiger partial charge in [0.1, 0.15) is 5.75 Å². The second-order valence-corrected chi connectivity index (χ2v) is 6.62. The molecule has 0 saturated carbocycles. The van der Waals surface area contributed by atoms with E-state index in [1.165, 1.54) is 4.90 Å². The van der Waals surface area contributed by atoms with Crippen LogP contribution < -0.4 is 4.74 Å². The van der Waals surface area contributed by atoms with Crippen LogP contribution in [0.15, 0.2) is 22.7 Å². The summed E-state index contributed by atoms with van der Waals surface area (Å²) < 4.78 is 6.23. The molecule has 1 aromatic carbocycles. The minimum absolute atomic E-state index is 0.156. The molecule has 7 heteroatoms. The zero-order chi connectivity index (χ0) is 15.6. The summed E-state index contributed by atoms with van der Waals surface area (Å²) in [6, 6.07) is 5.12. The summed E-state index contributed by atoms with van der Waals surface area (Å²) in [5, 5.41) is 9.56. The fraction of sp³-hybridized carbons (Fsp3) is 0.429. The molecule has 1 saturated heterocycles. The van der Waals surface area contributed by atoms with Crippen molar-refractivity contribution in [1.82, 2.24) is 4.90 Å². The molecule has 0 aromatic heterocycles. The number of carboxylic acid groups (broad SMARTS) is 1. The van der Waals surface area contributed by atoms with Gasteiger partial charge in [-0.15, -0.1) is 0 Å². The third kappa shape index (κ3) is 3.68. The Bertz CT molecular complexity index is 580. The lowest BCUT2D eigenvalue weighted by molar-refractivity contribution is -0.147. The predicted octanol–water partition coefficient (Wildman–Crippen LogP) is 2.80. The van der Waals surface area contributed by atoms with Gasteiger partial charge in [-0.25, -0.2) is 0 Å². The number of halogens is 2. The SMILES string of the molecule is CC1(C(=O)O)CCN(C(=O)COc2ccc(Br)cc2Cl)C1. The molecule has 114 valence electrons. The average Bonchev–Trinajstić information content (AvgIpc) is 2.82. The first-order valence-corrected chi connectivity index (χ1v) is 7.58. The summed E-state index contributed by atoms with van der Waals surface area (Å²) in [5.41, 5.74) is -0.870. The second kappa shape index (κ2) is 6.23. The highest BCUT2D eigenvalue weighted by molar-refractivity contribution is 9.10. The van der Waals surface area contributed by atoms with Crippen molar-refractivity contribution in [2.24, 2.45) is 5.41 Å². The van der Waals surface area contributed by atoms with Crippen molar-refractivity contribution in [1.29, 1.82) is 0 Å². The van der Waals surface area contributed by atoms with Gasteiger partial charge in [0.25, 0.3) is 5.91 Å². The summed E-state index contributed by atoms with van der Waals surface area (Å²) in [7, 11) is 0. The first kappa shape index (κ1) is 16.1. The molecule has 1 heterocycles. The van der Waals surface area contributed by atoms with Crippen LogP contribution in [0.4, 0.5) is 0 Å². The predicted molar refractivity (Wildman–Crippen MR) is 81.6 cm³/mol. The first-order valence-electron chi connectivity index (χ1n) is 6.41. The lowest BCUT2D eigenvalue weighted by atomic mass is 9.90. The number of hydrogen-bond acceptors (Lipinski definition) is 3. The van der Waals surface area contributed by atoms with E-state index in [9.17, 15) is 9.59 Å². The first-order chi connectivity index (χ1) is 9.82. The van der Waals surface area contributed by atoms with E-state index < -0.39 is 11.4 Å². The lowest BCUT2D eigenvalue weighted by Gasteiger charge is -2.20. The number of carbonyl (C=O) groups is 2. The van der Waals surface area contributed by atoms with Crippen LogP contribution in [0, 0.1) is 5.41 Å². The Hall–Kier alpha value is -1.27. The van der Waals surface area contributed by atoms with Crippen molar-refractivity contribution in [2.75, 3.05) is 19.7 Å². The van der Waals surface area contributed by atoms with Crippen LogP contribution in [0.5, 0.6) is 5.75 Å². The van der Waals surface area contributed by atoms with Gasteiger partial charge in [0.15, 0.2) is 6.61 Å². The molecule has 2 rings (SSSR count). The van der Waals surface area contributed by atoms with Crippen LogP contribution in [0.25, 0.3) is 0 Å². The van der Waals surface area contributed by atoms with Crippen molar-refractivity contribution in [3.05, 3.63) is 27.7 Å². The van der Waals surface area contributed by atoms with E-state index in [1.807, 2.05) is 0 Å². The molecular formula is C14H15BrClNO4.